The van der Waals surface area contributed by atoms with Crippen molar-refractivity contribution >= 4 is 65.5 Å². The maximum absolute atomic E-state index is 10.4. The van der Waals surface area contributed by atoms with E-state index in [4.69, 9.17) is 107 Å². The van der Waals surface area contributed by atoms with Crippen LogP contribution in [0.4, 0.5) is 0 Å². The number of carboxylic acid groups (broad SMARTS) is 9. The number of benzene rings is 2. The van der Waals surface area contributed by atoms with E-state index < -0.39 is 115 Å². The monoisotopic (exact) mass is 1150 g/mol. The third-order valence-electron chi connectivity index (χ3n) is 8.74. The van der Waals surface area contributed by atoms with Crippen molar-refractivity contribution in [2.45, 2.75) is 128 Å². The number of hydrogen-bond donors (Lipinski definition) is 21. The standard InChI is InChI=1S/C9H11NO3.C9H11NO2.2C6H13NO2.C5H11NO2S.C4H9NO3.C3H7NO3.C3H7NO2.C2H5NO2/c10-8(9(12)13)5-6-1-3-7(11)4-2-6;10-8(9(11)12)6-7-4-2-1-3-5-7;1-4(2)3-5(7)6(8)9;1-3-4(2)5(7)6(8)9;1-9-3-2-4(6)5(7)8;1-2(6)3(5)4(7)8;4-2(1-5)3(6)7;1-2(4)3(5)6;3-1-2(4)5/h1-4,8,11H,5,10H2,(H,12,13);1-5,8H,6,10H2,(H,11,12);2*4-5H,3,7H2,1-2H3,(H,8,9);4H,2-3,6H2,1H3,(H,7,8);2-3,6H,5H2,1H3,(H,7,8);2,5H,1,4H2,(H,6,7);2H,4H2,1H3,(H,5,6);1,3H2,(H,4,5). The molecule has 30 N–H and O–H groups in total. The van der Waals surface area contributed by atoms with Crippen LogP contribution in [-0.4, -0.2) is 195 Å². The SMILES string of the molecule is CC(C)CC(N)C(=O)O.CC(N)C(=O)O.CC(O)C(N)C(=O)O.CCC(C)C(N)C(=O)O.CSCCC(N)C(=O)O.NC(CO)C(=O)O.NC(Cc1ccc(O)cc1)C(=O)O.NC(Cc1ccccc1)C(=O)O.NCC(=O)O. The number of carbonyl (C=O) groups is 9. The van der Waals surface area contributed by atoms with Crippen LogP contribution in [0.25, 0.3) is 0 Å². The van der Waals surface area contributed by atoms with E-state index in [1.54, 1.807) is 23.9 Å². The van der Waals surface area contributed by atoms with E-state index in [1.165, 1.54) is 26.0 Å². The molecule has 2 rings (SSSR count). The average Bonchev–Trinajstić information content (AvgIpc) is 3.36. The summed E-state index contributed by atoms with van der Waals surface area (Å²) in [5.74, 6) is -7.61. The molecule has 10 unspecified atom stereocenters. The van der Waals surface area contributed by atoms with E-state index >= 15 is 0 Å². The van der Waals surface area contributed by atoms with Crippen LogP contribution in [0.2, 0.25) is 0 Å². The zero-order chi connectivity index (χ0) is 63.0. The van der Waals surface area contributed by atoms with Gasteiger partial charge in [-0.25, -0.2) is 0 Å². The second kappa shape index (κ2) is 52.4. The molecule has 0 radical (unpaired) electrons. The lowest BCUT2D eigenvalue weighted by Crippen LogP contribution is -2.39. The number of aliphatic carboxylic acids is 9. The highest BCUT2D eigenvalue weighted by Gasteiger charge is 2.18. The molecular weight excluding hydrogens is 1060 g/mol. The Morgan fingerprint density at radius 1 is 0.513 bits per heavy atom. The summed E-state index contributed by atoms with van der Waals surface area (Å²) in [4.78, 5) is 89.4. The van der Waals surface area contributed by atoms with Crippen molar-refractivity contribution in [1.29, 1.82) is 0 Å². The van der Waals surface area contributed by atoms with Crippen molar-refractivity contribution in [3.05, 3.63) is 65.7 Å². The van der Waals surface area contributed by atoms with Crippen LogP contribution in [0.1, 0.15) is 71.9 Å². The van der Waals surface area contributed by atoms with Crippen molar-refractivity contribution in [2.75, 3.05) is 25.2 Å². The minimum absolute atomic E-state index is 0.0718. The number of thioether (sulfide) groups is 1. The molecule has 0 amide bonds. The van der Waals surface area contributed by atoms with Crippen molar-refractivity contribution < 1.29 is 104 Å². The molecule has 0 aliphatic carbocycles. The van der Waals surface area contributed by atoms with Gasteiger partial charge in [-0.2, -0.15) is 11.8 Å². The molecule has 10 atom stereocenters. The molecule has 0 aliphatic rings. The third kappa shape index (κ3) is 60.2. The number of carboxylic acids is 9. The zero-order valence-corrected chi connectivity index (χ0v) is 45.7. The summed E-state index contributed by atoms with van der Waals surface area (Å²) in [7, 11) is 0. The molecule has 0 aliphatic heterocycles. The minimum Gasteiger partial charge on any atom is -0.508 e. The van der Waals surface area contributed by atoms with Crippen LogP contribution >= 0.6 is 11.8 Å². The molecule has 0 saturated carbocycles. The van der Waals surface area contributed by atoms with Crippen LogP contribution in [0.15, 0.2) is 54.6 Å². The van der Waals surface area contributed by atoms with Gasteiger partial charge < -0.3 is 113 Å². The van der Waals surface area contributed by atoms with Crippen molar-refractivity contribution in [2.24, 2.45) is 63.4 Å². The highest BCUT2D eigenvalue weighted by Crippen LogP contribution is 2.11. The van der Waals surface area contributed by atoms with Crippen molar-refractivity contribution in [1.82, 2.24) is 0 Å². The topological polar surface area (TPSA) is 631 Å². The number of aliphatic hydroxyl groups excluding tert-OH is 2. The number of phenols is 1. The van der Waals surface area contributed by atoms with Gasteiger partial charge in [0.05, 0.1) is 19.3 Å². The van der Waals surface area contributed by atoms with Gasteiger partial charge in [-0.1, -0.05) is 76.6 Å². The Kier molecular flexibility index (Phi) is 57.3. The summed E-state index contributed by atoms with van der Waals surface area (Å²) in [5.41, 5.74) is 47.2. The van der Waals surface area contributed by atoms with Gasteiger partial charge in [-0.05, 0) is 86.6 Å². The predicted octanol–water partition coefficient (Wildman–Crippen LogP) is -2.35. The van der Waals surface area contributed by atoms with Crippen LogP contribution in [0, 0.1) is 11.8 Å². The van der Waals surface area contributed by atoms with E-state index in [9.17, 15) is 43.2 Å². The maximum Gasteiger partial charge on any atom is 0.323 e. The molecule has 31 heteroatoms. The maximum atomic E-state index is 10.4. The Balaban J connectivity index is -0.000000147. The summed E-state index contributed by atoms with van der Waals surface area (Å²) in [6.07, 6.45) is 3.52. The molecule has 0 spiro atoms. The first kappa shape index (κ1) is 85.3. The molecule has 0 heterocycles. The Morgan fingerprint density at radius 3 is 1.05 bits per heavy atom. The first-order chi connectivity index (χ1) is 35.7. The molecule has 0 fully saturated rings. The zero-order valence-electron chi connectivity index (χ0n) is 44.8. The van der Waals surface area contributed by atoms with Crippen LogP contribution < -0.4 is 51.6 Å². The largest absolute Gasteiger partial charge is 0.508 e. The molecule has 0 aromatic heterocycles. The fraction of sp³-hybridized carbons (Fsp3) is 0.553. The Morgan fingerprint density at radius 2 is 0.859 bits per heavy atom. The molecule has 2 aromatic carbocycles. The predicted molar refractivity (Wildman–Crippen MR) is 290 cm³/mol. The fourth-order valence-corrected chi connectivity index (χ4v) is 4.18. The first-order valence-electron chi connectivity index (χ1n) is 23.1. The van der Waals surface area contributed by atoms with Crippen molar-refractivity contribution in [3.63, 3.8) is 0 Å². The Labute approximate surface area is 456 Å². The van der Waals surface area contributed by atoms with Crippen LogP contribution in [0.3, 0.4) is 0 Å². The highest BCUT2D eigenvalue weighted by molar-refractivity contribution is 7.98. The third-order valence-corrected chi connectivity index (χ3v) is 9.39. The first-order valence-corrected chi connectivity index (χ1v) is 24.5. The second-order valence-electron chi connectivity index (χ2n) is 16.5. The molecule has 452 valence electrons. The van der Waals surface area contributed by atoms with Gasteiger partial charge in [-0.15, -0.1) is 0 Å². The lowest BCUT2D eigenvalue weighted by Gasteiger charge is -2.11. The summed E-state index contributed by atoms with van der Waals surface area (Å²) >= 11 is 1.60. The lowest BCUT2D eigenvalue weighted by molar-refractivity contribution is -0.141. The summed E-state index contributed by atoms with van der Waals surface area (Å²) in [6.45, 7) is 9.62. The summed E-state index contributed by atoms with van der Waals surface area (Å²) in [5, 5.41) is 98.8. The van der Waals surface area contributed by atoms with E-state index in [2.05, 4.69) is 5.73 Å². The van der Waals surface area contributed by atoms with Crippen molar-refractivity contribution in [3.8, 4) is 5.75 Å². The number of phenolic OH excluding ortho intramolecular Hbond substituents is 1. The van der Waals surface area contributed by atoms with Crippen LogP contribution in [-0.2, 0) is 56.0 Å². The van der Waals surface area contributed by atoms with Gasteiger partial charge >= 0.3 is 53.7 Å². The smallest absolute Gasteiger partial charge is 0.323 e. The molecule has 30 nitrogen and oxygen atoms in total. The van der Waals surface area contributed by atoms with Crippen LogP contribution in [0.5, 0.6) is 5.75 Å². The number of rotatable bonds is 22. The highest BCUT2D eigenvalue weighted by atomic mass is 32.2. The quantitative estimate of drug-likeness (QED) is 0.0587. The molecular formula is C47H87N9O21S. The molecule has 2 aromatic rings. The Bertz CT molecular complexity index is 1940. The molecule has 0 saturated heterocycles. The average molecular weight is 1150 g/mol. The molecule has 78 heavy (non-hydrogen) atoms. The number of nitrogens with two attached hydrogens (primary N) is 9. The van der Waals surface area contributed by atoms with E-state index in [-0.39, 0.29) is 24.6 Å². The van der Waals surface area contributed by atoms with E-state index in [0.29, 0.717) is 25.2 Å². The number of aliphatic hydroxyl groups is 2. The summed E-state index contributed by atoms with van der Waals surface area (Å²) in [6, 6.07) is 8.88. The van der Waals surface area contributed by atoms with E-state index in [1.807, 2.05) is 64.3 Å². The van der Waals surface area contributed by atoms with Gasteiger partial charge in [0, 0.05) is 0 Å². The normalized spacial score (nSPS) is 13.5. The van der Waals surface area contributed by atoms with E-state index in [0.717, 1.165) is 23.3 Å². The van der Waals surface area contributed by atoms with Gasteiger partial charge in [0.1, 0.15) is 54.1 Å². The van der Waals surface area contributed by atoms with Gasteiger partial charge in [0.2, 0.25) is 0 Å². The number of aromatic hydroxyl groups is 1. The van der Waals surface area contributed by atoms with Gasteiger partial charge in [-0.3, -0.25) is 43.2 Å². The minimum atomic E-state index is -1.18. The fourth-order valence-electron chi connectivity index (χ4n) is 3.69. The van der Waals surface area contributed by atoms with Gasteiger partial charge in [0.25, 0.3) is 0 Å². The number of hydrogen-bond acceptors (Lipinski definition) is 22. The Hall–Kier alpha value is -6.62. The van der Waals surface area contributed by atoms with Gasteiger partial charge in [0.15, 0.2) is 0 Å². The summed E-state index contributed by atoms with van der Waals surface area (Å²) < 4.78 is 0. The molecule has 0 bridgehead atoms. The second-order valence-corrected chi connectivity index (χ2v) is 17.4. The lowest BCUT2D eigenvalue weighted by atomic mass is 10.0.